The van der Waals surface area contributed by atoms with Crippen LogP contribution in [0.3, 0.4) is 0 Å². The number of ether oxygens (including phenoxy) is 1. The molecule has 1 aliphatic heterocycles. The Hall–Kier alpha value is -0.820. The fraction of sp³-hybridized carbons (Fsp3) is 0.538. The first kappa shape index (κ1) is 11.3. The summed E-state index contributed by atoms with van der Waals surface area (Å²) in [5, 5.41) is 0. The Labute approximate surface area is 87.1 Å². The summed E-state index contributed by atoms with van der Waals surface area (Å²) in [6.45, 7) is 5.37. The van der Waals surface area contributed by atoms with Crippen molar-refractivity contribution in [3.63, 3.8) is 0 Å². The molecule has 1 atom stereocenters. The summed E-state index contributed by atoms with van der Waals surface area (Å²) < 4.78 is 4.95. The van der Waals surface area contributed by atoms with E-state index in [0.29, 0.717) is 6.10 Å². The van der Waals surface area contributed by atoms with Gasteiger partial charge < -0.3 is 4.74 Å². The second kappa shape index (κ2) is 6.61. The molecule has 1 aromatic rings. The Balaban J connectivity index is 0.000000146. The van der Waals surface area contributed by atoms with E-state index in [1.54, 1.807) is 0 Å². The van der Waals surface area contributed by atoms with Crippen molar-refractivity contribution in [2.24, 2.45) is 0 Å². The lowest BCUT2D eigenvalue weighted by atomic mass is 10.2. The molecule has 0 radical (unpaired) electrons. The van der Waals surface area contributed by atoms with Gasteiger partial charge in [0.25, 0.3) is 0 Å². The normalized spacial score (nSPS) is 18.3. The maximum absolute atomic E-state index is 4.95. The van der Waals surface area contributed by atoms with Crippen molar-refractivity contribution in [2.45, 2.75) is 39.2 Å². The topological polar surface area (TPSA) is 12.5 Å². The van der Waals surface area contributed by atoms with Crippen molar-refractivity contribution < 1.29 is 4.74 Å². The SMILES string of the molecule is CCCC1CO1.CCc1ccccc1. The van der Waals surface area contributed by atoms with Crippen LogP contribution < -0.4 is 0 Å². The van der Waals surface area contributed by atoms with Gasteiger partial charge in [-0.15, -0.1) is 0 Å². The highest BCUT2D eigenvalue weighted by Crippen LogP contribution is 2.14. The molecular formula is C13H20O. The molecule has 1 aliphatic rings. The first-order chi connectivity index (χ1) is 6.86. The highest BCUT2D eigenvalue weighted by molar-refractivity contribution is 5.13. The highest BCUT2D eigenvalue weighted by atomic mass is 16.6. The fourth-order valence-electron chi connectivity index (χ4n) is 1.27. The Morgan fingerprint density at radius 1 is 1.21 bits per heavy atom. The number of rotatable bonds is 3. The van der Waals surface area contributed by atoms with Crippen molar-refractivity contribution in [1.29, 1.82) is 0 Å². The van der Waals surface area contributed by atoms with Crippen molar-refractivity contribution in [3.8, 4) is 0 Å². The number of hydrogen-bond donors (Lipinski definition) is 0. The number of aryl methyl sites for hydroxylation is 1. The number of epoxide rings is 1. The summed E-state index contributed by atoms with van der Waals surface area (Å²) in [5.74, 6) is 0. The molecule has 14 heavy (non-hydrogen) atoms. The average Bonchev–Trinajstić information content (AvgIpc) is 3.05. The van der Waals surface area contributed by atoms with Gasteiger partial charge in [0.15, 0.2) is 0 Å². The van der Waals surface area contributed by atoms with Crippen LogP contribution in [0, 0.1) is 0 Å². The lowest BCUT2D eigenvalue weighted by molar-refractivity contribution is 0.395. The minimum atomic E-state index is 0.648. The van der Waals surface area contributed by atoms with Crippen LogP contribution in [0.1, 0.15) is 32.3 Å². The van der Waals surface area contributed by atoms with Crippen molar-refractivity contribution in [1.82, 2.24) is 0 Å². The van der Waals surface area contributed by atoms with Gasteiger partial charge >= 0.3 is 0 Å². The molecule has 0 saturated carbocycles. The molecule has 0 aliphatic carbocycles. The molecule has 1 heterocycles. The molecule has 0 aromatic heterocycles. The van der Waals surface area contributed by atoms with Gasteiger partial charge in [0, 0.05) is 0 Å². The van der Waals surface area contributed by atoms with Crippen LogP contribution in [-0.4, -0.2) is 12.7 Å². The van der Waals surface area contributed by atoms with E-state index in [-0.39, 0.29) is 0 Å². The summed E-state index contributed by atoms with van der Waals surface area (Å²) in [7, 11) is 0. The summed E-state index contributed by atoms with van der Waals surface area (Å²) in [6, 6.07) is 10.5. The first-order valence-electron chi connectivity index (χ1n) is 5.52. The number of hydrogen-bond acceptors (Lipinski definition) is 1. The van der Waals surface area contributed by atoms with Crippen molar-refractivity contribution in [3.05, 3.63) is 35.9 Å². The quantitative estimate of drug-likeness (QED) is 0.668. The van der Waals surface area contributed by atoms with Crippen LogP contribution in [0.15, 0.2) is 30.3 Å². The first-order valence-corrected chi connectivity index (χ1v) is 5.52. The summed E-state index contributed by atoms with van der Waals surface area (Å²) in [4.78, 5) is 0. The van der Waals surface area contributed by atoms with Crippen LogP contribution in [0.25, 0.3) is 0 Å². The zero-order chi connectivity index (χ0) is 10.2. The zero-order valence-electron chi connectivity index (χ0n) is 9.20. The third kappa shape index (κ3) is 5.03. The van der Waals surface area contributed by atoms with E-state index in [4.69, 9.17) is 4.74 Å². The molecule has 2 rings (SSSR count). The zero-order valence-corrected chi connectivity index (χ0v) is 9.20. The van der Waals surface area contributed by atoms with E-state index in [9.17, 15) is 0 Å². The molecular weight excluding hydrogens is 172 g/mol. The third-order valence-electron chi connectivity index (χ3n) is 2.26. The molecule has 0 spiro atoms. The van der Waals surface area contributed by atoms with Crippen LogP contribution in [-0.2, 0) is 11.2 Å². The monoisotopic (exact) mass is 192 g/mol. The summed E-state index contributed by atoms with van der Waals surface area (Å²) >= 11 is 0. The Morgan fingerprint density at radius 3 is 2.14 bits per heavy atom. The minimum Gasteiger partial charge on any atom is -0.373 e. The number of benzene rings is 1. The Kier molecular flexibility index (Phi) is 5.31. The molecule has 0 N–H and O–H groups in total. The van der Waals surface area contributed by atoms with Gasteiger partial charge in [-0.3, -0.25) is 0 Å². The smallest absolute Gasteiger partial charge is 0.0809 e. The van der Waals surface area contributed by atoms with Crippen LogP contribution >= 0.6 is 0 Å². The summed E-state index contributed by atoms with van der Waals surface area (Å²) in [5.41, 5.74) is 1.41. The lowest BCUT2D eigenvalue weighted by Crippen LogP contribution is -1.78. The molecule has 0 bridgehead atoms. The van der Waals surface area contributed by atoms with Crippen molar-refractivity contribution >= 4 is 0 Å². The van der Waals surface area contributed by atoms with E-state index >= 15 is 0 Å². The largest absolute Gasteiger partial charge is 0.373 e. The maximum atomic E-state index is 4.95. The van der Waals surface area contributed by atoms with Gasteiger partial charge in [-0.25, -0.2) is 0 Å². The van der Waals surface area contributed by atoms with E-state index in [1.807, 2.05) is 6.07 Å². The van der Waals surface area contributed by atoms with E-state index < -0.39 is 0 Å². The predicted molar refractivity (Wildman–Crippen MR) is 60.5 cm³/mol. The lowest BCUT2D eigenvalue weighted by Gasteiger charge is -1.89. The van der Waals surface area contributed by atoms with Crippen molar-refractivity contribution in [2.75, 3.05) is 6.61 Å². The van der Waals surface area contributed by atoms with Crippen LogP contribution in [0.5, 0.6) is 0 Å². The summed E-state index contributed by atoms with van der Waals surface area (Å²) in [6.07, 6.45) is 4.32. The molecule has 1 nitrogen and oxygen atoms in total. The van der Waals surface area contributed by atoms with Crippen LogP contribution in [0.4, 0.5) is 0 Å². The van der Waals surface area contributed by atoms with Gasteiger partial charge in [0.2, 0.25) is 0 Å². The Bertz CT molecular complexity index is 226. The van der Waals surface area contributed by atoms with Crippen LogP contribution in [0.2, 0.25) is 0 Å². The molecule has 0 amide bonds. The van der Waals surface area contributed by atoms with Gasteiger partial charge in [0.1, 0.15) is 0 Å². The fourth-order valence-corrected chi connectivity index (χ4v) is 1.27. The predicted octanol–water partition coefficient (Wildman–Crippen LogP) is 3.43. The molecule has 1 unspecified atom stereocenters. The van der Waals surface area contributed by atoms with Gasteiger partial charge in [-0.1, -0.05) is 50.6 Å². The maximum Gasteiger partial charge on any atom is 0.0809 e. The third-order valence-corrected chi connectivity index (χ3v) is 2.26. The standard InChI is InChI=1S/C8H10.C5H10O/c1-2-8-6-4-3-5-7-8;1-2-3-5-4-6-5/h3-7H,2H2,1H3;5H,2-4H2,1H3. The van der Waals surface area contributed by atoms with Gasteiger partial charge in [0.05, 0.1) is 12.7 Å². The molecule has 1 saturated heterocycles. The average molecular weight is 192 g/mol. The second-order valence-corrected chi connectivity index (χ2v) is 3.58. The minimum absolute atomic E-state index is 0.648. The van der Waals surface area contributed by atoms with Gasteiger partial charge in [-0.2, -0.15) is 0 Å². The second-order valence-electron chi connectivity index (χ2n) is 3.58. The molecule has 1 fully saturated rings. The highest BCUT2D eigenvalue weighted by Gasteiger charge is 2.19. The molecule has 78 valence electrons. The molecule has 1 aromatic carbocycles. The molecule has 1 heteroatoms. The van der Waals surface area contributed by atoms with E-state index in [2.05, 4.69) is 38.1 Å². The van der Waals surface area contributed by atoms with Gasteiger partial charge in [-0.05, 0) is 18.4 Å². The Morgan fingerprint density at radius 2 is 1.86 bits per heavy atom. The van der Waals surface area contributed by atoms with E-state index in [1.165, 1.54) is 18.4 Å². The van der Waals surface area contributed by atoms with E-state index in [0.717, 1.165) is 13.0 Å².